The predicted octanol–water partition coefficient (Wildman–Crippen LogP) is 4.58. The van der Waals surface area contributed by atoms with Gasteiger partial charge in [-0.1, -0.05) is 32.3 Å². The summed E-state index contributed by atoms with van der Waals surface area (Å²) in [4.78, 5) is 12.8. The van der Waals surface area contributed by atoms with Gasteiger partial charge in [0.05, 0.1) is 6.61 Å². The first-order valence-electron chi connectivity index (χ1n) is 7.01. The predicted molar refractivity (Wildman–Crippen MR) is 77.0 cm³/mol. The van der Waals surface area contributed by atoms with Crippen molar-refractivity contribution in [2.45, 2.75) is 58.3 Å². The molecule has 0 aliphatic carbocycles. The van der Waals surface area contributed by atoms with Gasteiger partial charge in [-0.3, -0.25) is 4.79 Å². The van der Waals surface area contributed by atoms with E-state index < -0.39 is 0 Å². The monoisotopic (exact) mass is 268 g/mol. The van der Waals surface area contributed by atoms with Gasteiger partial charge >= 0.3 is 5.97 Å². The van der Waals surface area contributed by atoms with Gasteiger partial charge in [0, 0.05) is 11.3 Å². The molecular weight excluding hydrogens is 244 g/mol. The van der Waals surface area contributed by atoms with Gasteiger partial charge in [-0.2, -0.15) is 0 Å². The summed E-state index contributed by atoms with van der Waals surface area (Å²) in [5, 5.41) is 2.13. The Labute approximate surface area is 114 Å². The average molecular weight is 268 g/mol. The van der Waals surface area contributed by atoms with Gasteiger partial charge in [0.15, 0.2) is 0 Å². The second-order valence-electron chi connectivity index (χ2n) is 4.57. The highest BCUT2D eigenvalue weighted by Gasteiger charge is 2.02. The van der Waals surface area contributed by atoms with Crippen LogP contribution in [0.1, 0.15) is 56.7 Å². The lowest BCUT2D eigenvalue weighted by Crippen LogP contribution is -2.05. The molecule has 0 atom stereocenters. The van der Waals surface area contributed by atoms with Gasteiger partial charge in [-0.05, 0) is 37.1 Å². The van der Waals surface area contributed by atoms with Crippen LogP contribution in [0.4, 0.5) is 0 Å². The van der Waals surface area contributed by atoms with E-state index in [9.17, 15) is 4.79 Å². The van der Waals surface area contributed by atoms with Crippen molar-refractivity contribution in [2.24, 2.45) is 0 Å². The van der Waals surface area contributed by atoms with E-state index in [0.29, 0.717) is 13.0 Å². The molecule has 0 amide bonds. The number of carbonyl (C=O) groups is 1. The minimum Gasteiger partial charge on any atom is -0.466 e. The van der Waals surface area contributed by atoms with E-state index in [1.165, 1.54) is 24.1 Å². The maximum absolute atomic E-state index is 11.3. The van der Waals surface area contributed by atoms with Crippen molar-refractivity contribution in [2.75, 3.05) is 6.61 Å². The van der Waals surface area contributed by atoms with Crippen LogP contribution in [0.25, 0.3) is 0 Å². The van der Waals surface area contributed by atoms with Gasteiger partial charge in [0.2, 0.25) is 0 Å². The zero-order valence-corrected chi connectivity index (χ0v) is 12.1. The molecule has 1 heterocycles. The molecule has 0 aliphatic heterocycles. The van der Waals surface area contributed by atoms with Gasteiger partial charge in [0.25, 0.3) is 0 Å². The highest BCUT2D eigenvalue weighted by atomic mass is 32.1. The maximum atomic E-state index is 11.3. The van der Waals surface area contributed by atoms with Crippen LogP contribution in [-0.4, -0.2) is 12.6 Å². The molecule has 3 heteroatoms. The van der Waals surface area contributed by atoms with Crippen LogP contribution in [0.15, 0.2) is 17.5 Å². The second kappa shape index (κ2) is 10.1. The van der Waals surface area contributed by atoms with Crippen LogP contribution in [0, 0.1) is 0 Å². The molecule has 0 saturated carbocycles. The van der Waals surface area contributed by atoms with E-state index >= 15 is 0 Å². The van der Waals surface area contributed by atoms with Crippen molar-refractivity contribution in [3.05, 3.63) is 22.4 Å². The van der Waals surface area contributed by atoms with Gasteiger partial charge in [-0.25, -0.2) is 0 Å². The number of hydrogen-bond acceptors (Lipinski definition) is 3. The van der Waals surface area contributed by atoms with Gasteiger partial charge in [0.1, 0.15) is 0 Å². The molecule has 1 aromatic rings. The van der Waals surface area contributed by atoms with E-state index in [-0.39, 0.29) is 5.97 Å². The Morgan fingerprint density at radius 1 is 1.22 bits per heavy atom. The summed E-state index contributed by atoms with van der Waals surface area (Å²) in [5.41, 5.74) is 0. The van der Waals surface area contributed by atoms with E-state index in [1.54, 1.807) is 0 Å². The molecule has 0 spiro atoms. The van der Waals surface area contributed by atoms with Gasteiger partial charge in [-0.15, -0.1) is 11.3 Å². The fraction of sp³-hybridized carbons (Fsp3) is 0.667. The number of rotatable bonds is 10. The second-order valence-corrected chi connectivity index (χ2v) is 5.60. The third kappa shape index (κ3) is 7.49. The third-order valence-corrected chi connectivity index (χ3v) is 3.83. The van der Waals surface area contributed by atoms with Crippen LogP contribution in [-0.2, 0) is 16.0 Å². The van der Waals surface area contributed by atoms with Crippen molar-refractivity contribution >= 4 is 17.3 Å². The molecule has 0 unspecified atom stereocenters. The summed E-state index contributed by atoms with van der Waals surface area (Å²) in [5.74, 6) is -0.0262. The van der Waals surface area contributed by atoms with E-state index in [2.05, 4.69) is 24.4 Å². The molecule has 0 N–H and O–H groups in total. The molecule has 0 saturated heterocycles. The number of ether oxygens (including phenoxy) is 1. The van der Waals surface area contributed by atoms with Crippen molar-refractivity contribution < 1.29 is 9.53 Å². The Balaban J connectivity index is 1.87. The van der Waals surface area contributed by atoms with Crippen LogP contribution in [0.3, 0.4) is 0 Å². The Morgan fingerprint density at radius 3 is 2.78 bits per heavy atom. The molecule has 0 aliphatic rings. The fourth-order valence-electron chi connectivity index (χ4n) is 1.78. The lowest BCUT2D eigenvalue weighted by molar-refractivity contribution is -0.143. The fourth-order valence-corrected chi connectivity index (χ4v) is 2.53. The van der Waals surface area contributed by atoms with Crippen LogP contribution in [0.2, 0.25) is 0 Å². The molecular formula is C15H24O2S. The van der Waals surface area contributed by atoms with Crippen molar-refractivity contribution in [1.29, 1.82) is 0 Å². The van der Waals surface area contributed by atoms with E-state index in [1.807, 2.05) is 11.3 Å². The molecule has 1 rings (SSSR count). The number of thiophene rings is 1. The molecule has 0 radical (unpaired) electrons. The molecule has 0 bridgehead atoms. The minimum absolute atomic E-state index is 0.0262. The number of hydrogen-bond donors (Lipinski definition) is 0. The number of aryl methyl sites for hydroxylation is 1. The van der Waals surface area contributed by atoms with Crippen molar-refractivity contribution in [3.8, 4) is 0 Å². The summed E-state index contributed by atoms with van der Waals surface area (Å²) in [7, 11) is 0. The molecule has 0 fully saturated rings. The van der Waals surface area contributed by atoms with Crippen LogP contribution >= 0.6 is 11.3 Å². The lowest BCUT2D eigenvalue weighted by Gasteiger charge is -2.03. The molecule has 18 heavy (non-hydrogen) atoms. The Bertz CT molecular complexity index is 306. The average Bonchev–Trinajstić information content (AvgIpc) is 2.87. The quantitative estimate of drug-likeness (QED) is 0.458. The lowest BCUT2D eigenvalue weighted by atomic mass is 10.1. The van der Waals surface area contributed by atoms with Crippen molar-refractivity contribution in [3.63, 3.8) is 0 Å². The van der Waals surface area contributed by atoms with E-state index in [4.69, 9.17) is 4.74 Å². The Morgan fingerprint density at radius 2 is 2.06 bits per heavy atom. The number of carbonyl (C=O) groups excluding carboxylic acids is 1. The maximum Gasteiger partial charge on any atom is 0.305 e. The van der Waals surface area contributed by atoms with Crippen LogP contribution in [0.5, 0.6) is 0 Å². The molecule has 2 nitrogen and oxygen atoms in total. The summed E-state index contributed by atoms with van der Waals surface area (Å²) >= 11 is 1.83. The summed E-state index contributed by atoms with van der Waals surface area (Å²) < 4.78 is 5.11. The first-order chi connectivity index (χ1) is 8.83. The molecule has 1 aromatic heterocycles. The topological polar surface area (TPSA) is 26.3 Å². The minimum atomic E-state index is -0.0262. The zero-order chi connectivity index (χ0) is 13.1. The SMILES string of the molecule is CCCCOC(=O)CCCCCCc1cccs1. The summed E-state index contributed by atoms with van der Waals surface area (Å²) in [6, 6.07) is 4.29. The van der Waals surface area contributed by atoms with Gasteiger partial charge < -0.3 is 4.74 Å². The van der Waals surface area contributed by atoms with Crippen LogP contribution < -0.4 is 0 Å². The highest BCUT2D eigenvalue weighted by Crippen LogP contribution is 2.13. The third-order valence-electron chi connectivity index (χ3n) is 2.90. The molecule has 102 valence electrons. The Kier molecular flexibility index (Phi) is 8.57. The first-order valence-corrected chi connectivity index (χ1v) is 7.89. The number of unbranched alkanes of at least 4 members (excludes halogenated alkanes) is 4. The zero-order valence-electron chi connectivity index (χ0n) is 11.3. The highest BCUT2D eigenvalue weighted by molar-refractivity contribution is 7.09. The van der Waals surface area contributed by atoms with E-state index in [0.717, 1.165) is 25.7 Å². The molecule has 0 aromatic carbocycles. The first kappa shape index (κ1) is 15.2. The van der Waals surface area contributed by atoms with Crippen molar-refractivity contribution in [1.82, 2.24) is 0 Å². The summed E-state index contributed by atoms with van der Waals surface area (Å²) in [6.07, 6.45) is 8.36. The largest absolute Gasteiger partial charge is 0.466 e. The standard InChI is InChI=1S/C15H24O2S/c1-2-3-12-17-15(16)11-7-5-4-6-9-14-10-8-13-18-14/h8,10,13H,2-7,9,11-12H2,1H3. The smallest absolute Gasteiger partial charge is 0.305 e. The summed E-state index contributed by atoms with van der Waals surface area (Å²) in [6.45, 7) is 2.69. The normalized spacial score (nSPS) is 10.5. The number of esters is 1. The Hall–Kier alpha value is -0.830.